The third kappa shape index (κ3) is 3.85. The summed E-state index contributed by atoms with van der Waals surface area (Å²) in [6.07, 6.45) is 9.69. The normalized spacial score (nSPS) is 10.9. The second-order valence-electron chi connectivity index (χ2n) is 6.07. The Morgan fingerprint density at radius 2 is 1.08 bits per heavy atom. The van der Waals surface area contributed by atoms with E-state index < -0.39 is 0 Å². The van der Waals surface area contributed by atoms with Gasteiger partial charge in [-0.25, -0.2) is 0 Å². The molecular weight excluding hydrogens is 324 g/mol. The molecule has 0 aromatic carbocycles. The molecular formula is C20H20N6. The maximum Gasteiger partial charge on any atom is 0.111 e. The molecule has 0 aliphatic carbocycles. The minimum atomic E-state index is 0.890. The Morgan fingerprint density at radius 1 is 0.577 bits per heavy atom. The van der Waals surface area contributed by atoms with E-state index in [4.69, 9.17) is 0 Å². The van der Waals surface area contributed by atoms with Crippen molar-refractivity contribution in [2.75, 3.05) is 0 Å². The van der Waals surface area contributed by atoms with Gasteiger partial charge in [0.15, 0.2) is 0 Å². The van der Waals surface area contributed by atoms with Crippen LogP contribution in [0.3, 0.4) is 0 Å². The van der Waals surface area contributed by atoms with Crippen LogP contribution in [-0.4, -0.2) is 29.5 Å². The number of aryl methyl sites for hydroxylation is 2. The highest BCUT2D eigenvalue weighted by Crippen LogP contribution is 2.14. The molecule has 0 aliphatic rings. The fourth-order valence-corrected chi connectivity index (χ4v) is 2.82. The molecule has 4 aromatic heterocycles. The molecule has 0 aliphatic heterocycles. The van der Waals surface area contributed by atoms with Gasteiger partial charge >= 0.3 is 0 Å². The largest absolute Gasteiger partial charge is 0.272 e. The summed E-state index contributed by atoms with van der Waals surface area (Å²) in [6, 6.07) is 15.7. The first-order valence-electron chi connectivity index (χ1n) is 8.78. The Labute approximate surface area is 152 Å². The average Bonchev–Trinajstić information content (AvgIpc) is 3.37. The van der Waals surface area contributed by atoms with Gasteiger partial charge < -0.3 is 0 Å². The van der Waals surface area contributed by atoms with Crippen LogP contribution < -0.4 is 0 Å². The molecule has 130 valence electrons. The first kappa shape index (κ1) is 16.2. The number of hydrogen-bond donors (Lipinski definition) is 0. The Hall–Kier alpha value is -3.28. The highest BCUT2D eigenvalue weighted by Gasteiger charge is 2.04. The van der Waals surface area contributed by atoms with Gasteiger partial charge in [0.05, 0.1) is 11.4 Å². The first-order chi connectivity index (χ1) is 12.9. The van der Waals surface area contributed by atoms with Crippen LogP contribution in [0.1, 0.15) is 12.8 Å². The maximum atomic E-state index is 4.59. The van der Waals surface area contributed by atoms with Crippen molar-refractivity contribution in [3.63, 3.8) is 0 Å². The van der Waals surface area contributed by atoms with Gasteiger partial charge in [0, 0.05) is 37.9 Å². The van der Waals surface area contributed by atoms with Gasteiger partial charge in [0.2, 0.25) is 0 Å². The number of hydrogen-bond acceptors (Lipinski definition) is 4. The van der Waals surface area contributed by atoms with E-state index in [1.165, 1.54) is 0 Å². The van der Waals surface area contributed by atoms with E-state index in [1.807, 2.05) is 70.3 Å². The molecule has 0 spiro atoms. The zero-order valence-electron chi connectivity index (χ0n) is 14.4. The smallest absolute Gasteiger partial charge is 0.111 e. The molecule has 0 amide bonds. The van der Waals surface area contributed by atoms with E-state index >= 15 is 0 Å². The summed E-state index contributed by atoms with van der Waals surface area (Å²) in [5, 5.41) is 9.18. The minimum absolute atomic E-state index is 0.890. The molecule has 0 atom stereocenters. The summed E-state index contributed by atoms with van der Waals surface area (Å²) in [5.41, 5.74) is 3.64. The molecule has 0 radical (unpaired) electrons. The molecule has 6 nitrogen and oxygen atoms in total. The predicted molar refractivity (Wildman–Crippen MR) is 100 cm³/mol. The summed E-state index contributed by atoms with van der Waals surface area (Å²) >= 11 is 0. The molecule has 0 N–H and O–H groups in total. The standard InChI is InChI=1S/C20H20N6/c1-3-11-21-17(7-1)19-9-15-25(23-19)13-5-6-14-26-16-10-20(24-26)18-8-2-4-12-22-18/h1-4,7-12,15-16H,5-6,13-14H2. The lowest BCUT2D eigenvalue weighted by atomic mass is 10.3. The molecule has 0 saturated carbocycles. The Bertz CT molecular complexity index is 863. The van der Waals surface area contributed by atoms with E-state index in [2.05, 4.69) is 20.2 Å². The molecule has 0 unspecified atom stereocenters. The van der Waals surface area contributed by atoms with E-state index in [9.17, 15) is 0 Å². The van der Waals surface area contributed by atoms with Crippen molar-refractivity contribution >= 4 is 0 Å². The van der Waals surface area contributed by atoms with E-state index in [-0.39, 0.29) is 0 Å². The van der Waals surface area contributed by atoms with E-state index in [1.54, 1.807) is 12.4 Å². The van der Waals surface area contributed by atoms with Crippen LogP contribution in [0.15, 0.2) is 73.3 Å². The van der Waals surface area contributed by atoms with Crippen molar-refractivity contribution in [1.82, 2.24) is 29.5 Å². The van der Waals surface area contributed by atoms with Gasteiger partial charge in [-0.3, -0.25) is 19.3 Å². The molecule has 0 saturated heterocycles. The highest BCUT2D eigenvalue weighted by atomic mass is 15.3. The zero-order valence-corrected chi connectivity index (χ0v) is 14.4. The average molecular weight is 344 g/mol. The molecule has 4 aromatic rings. The molecule has 4 rings (SSSR count). The summed E-state index contributed by atoms with van der Waals surface area (Å²) < 4.78 is 3.96. The van der Waals surface area contributed by atoms with Crippen molar-refractivity contribution in [2.45, 2.75) is 25.9 Å². The van der Waals surface area contributed by atoms with Gasteiger partial charge in [-0.05, 0) is 49.2 Å². The summed E-state index contributed by atoms with van der Waals surface area (Å²) in [4.78, 5) is 8.67. The number of aromatic nitrogens is 6. The zero-order chi connectivity index (χ0) is 17.6. The summed E-state index contributed by atoms with van der Waals surface area (Å²) in [5.74, 6) is 0. The third-order valence-electron chi connectivity index (χ3n) is 4.16. The van der Waals surface area contributed by atoms with Gasteiger partial charge in [-0.2, -0.15) is 10.2 Å². The Morgan fingerprint density at radius 3 is 1.50 bits per heavy atom. The predicted octanol–water partition coefficient (Wildman–Crippen LogP) is 3.68. The van der Waals surface area contributed by atoms with Crippen molar-refractivity contribution in [3.8, 4) is 22.8 Å². The van der Waals surface area contributed by atoms with Gasteiger partial charge in [-0.1, -0.05) is 12.1 Å². The molecule has 4 heterocycles. The molecule has 26 heavy (non-hydrogen) atoms. The number of rotatable bonds is 7. The van der Waals surface area contributed by atoms with Gasteiger partial charge in [-0.15, -0.1) is 0 Å². The summed E-state index contributed by atoms with van der Waals surface area (Å²) in [6.45, 7) is 1.78. The summed E-state index contributed by atoms with van der Waals surface area (Å²) in [7, 11) is 0. The fraction of sp³-hybridized carbons (Fsp3) is 0.200. The van der Waals surface area contributed by atoms with Crippen molar-refractivity contribution in [1.29, 1.82) is 0 Å². The molecule has 6 heteroatoms. The van der Waals surface area contributed by atoms with E-state index in [0.717, 1.165) is 48.7 Å². The van der Waals surface area contributed by atoms with Crippen LogP contribution in [0.2, 0.25) is 0 Å². The van der Waals surface area contributed by atoms with Crippen molar-refractivity contribution in [3.05, 3.63) is 73.3 Å². The van der Waals surface area contributed by atoms with Crippen LogP contribution in [0, 0.1) is 0 Å². The fourth-order valence-electron chi connectivity index (χ4n) is 2.82. The van der Waals surface area contributed by atoms with Crippen LogP contribution in [0.25, 0.3) is 22.8 Å². The van der Waals surface area contributed by atoms with Crippen LogP contribution in [-0.2, 0) is 13.1 Å². The van der Waals surface area contributed by atoms with Crippen molar-refractivity contribution < 1.29 is 0 Å². The molecule has 0 bridgehead atoms. The van der Waals surface area contributed by atoms with Gasteiger partial charge in [0.25, 0.3) is 0 Å². The minimum Gasteiger partial charge on any atom is -0.272 e. The second kappa shape index (κ2) is 7.74. The lowest BCUT2D eigenvalue weighted by Gasteiger charge is -2.03. The number of unbranched alkanes of at least 4 members (excludes halogenated alkanes) is 1. The molecule has 0 fully saturated rings. The lowest BCUT2D eigenvalue weighted by molar-refractivity contribution is 0.502. The lowest BCUT2D eigenvalue weighted by Crippen LogP contribution is -2.03. The van der Waals surface area contributed by atoms with Crippen LogP contribution in [0.4, 0.5) is 0 Å². The SMILES string of the molecule is c1ccc(-c2ccn(CCCCn3ccc(-c4ccccn4)n3)n2)nc1. The highest BCUT2D eigenvalue weighted by molar-refractivity contribution is 5.53. The van der Waals surface area contributed by atoms with Crippen LogP contribution in [0.5, 0.6) is 0 Å². The Balaban J connectivity index is 1.27. The topological polar surface area (TPSA) is 61.4 Å². The maximum absolute atomic E-state index is 4.59. The van der Waals surface area contributed by atoms with Crippen molar-refractivity contribution in [2.24, 2.45) is 0 Å². The van der Waals surface area contributed by atoms with E-state index in [0.29, 0.717) is 0 Å². The number of nitrogens with zero attached hydrogens (tertiary/aromatic N) is 6. The third-order valence-corrected chi connectivity index (χ3v) is 4.16. The van der Waals surface area contributed by atoms with Crippen LogP contribution >= 0.6 is 0 Å². The number of pyridine rings is 2. The Kier molecular flexibility index (Phi) is 4.82. The quantitative estimate of drug-likeness (QED) is 0.480. The second-order valence-corrected chi connectivity index (χ2v) is 6.07. The van der Waals surface area contributed by atoms with Gasteiger partial charge in [0.1, 0.15) is 11.4 Å². The first-order valence-corrected chi connectivity index (χ1v) is 8.78. The monoisotopic (exact) mass is 344 g/mol.